The van der Waals surface area contributed by atoms with Crippen molar-refractivity contribution in [2.75, 3.05) is 19.3 Å². The minimum atomic E-state index is -3.24. The summed E-state index contributed by atoms with van der Waals surface area (Å²) in [4.78, 5) is 10.2. The molecule has 0 heterocycles. The average molecular weight is 238 g/mol. The number of hydrogen-bond acceptors (Lipinski definition) is 4. The Morgan fingerprint density at radius 3 is 2.33 bits per heavy atom. The summed E-state index contributed by atoms with van der Waals surface area (Å²) >= 11 is 0. The average Bonchev–Trinajstić information content (AvgIpc) is 1.93. The van der Waals surface area contributed by atoms with Crippen LogP contribution in [0.25, 0.3) is 0 Å². The molecule has 0 aromatic rings. The molecule has 0 aliphatic rings. The Kier molecular flexibility index (Phi) is 5.19. The first-order chi connectivity index (χ1) is 6.62. The maximum absolute atomic E-state index is 11.0. The minimum absolute atomic E-state index is 0.0228. The van der Waals surface area contributed by atoms with E-state index in [1.54, 1.807) is 13.8 Å². The molecule has 0 radical (unpaired) electrons. The van der Waals surface area contributed by atoms with Crippen molar-refractivity contribution in [1.82, 2.24) is 10.0 Å². The van der Waals surface area contributed by atoms with Crippen molar-refractivity contribution >= 4 is 16.0 Å². The smallest absolute Gasteiger partial charge is 0.304 e. The molecule has 15 heavy (non-hydrogen) atoms. The predicted octanol–water partition coefficient (Wildman–Crippen LogP) is -0.621. The molecule has 7 heteroatoms. The first kappa shape index (κ1) is 14.3. The Balaban J connectivity index is 3.89. The number of hydrogen-bond donors (Lipinski definition) is 3. The number of rotatable bonds is 7. The fourth-order valence-electron chi connectivity index (χ4n) is 1.13. The molecule has 90 valence electrons. The van der Waals surface area contributed by atoms with Gasteiger partial charge in [-0.25, -0.2) is 13.1 Å². The van der Waals surface area contributed by atoms with Crippen molar-refractivity contribution in [3.8, 4) is 0 Å². The molecule has 0 amide bonds. The summed E-state index contributed by atoms with van der Waals surface area (Å²) in [6, 6.07) is 0. The van der Waals surface area contributed by atoms with Crippen LogP contribution in [-0.2, 0) is 14.8 Å². The lowest BCUT2D eigenvalue weighted by molar-refractivity contribution is -0.136. The summed E-state index contributed by atoms with van der Waals surface area (Å²) in [6.07, 6.45) is 1.11. The topological polar surface area (TPSA) is 95.5 Å². The summed E-state index contributed by atoms with van der Waals surface area (Å²) in [7, 11) is -3.24. The van der Waals surface area contributed by atoms with Gasteiger partial charge in [0.25, 0.3) is 0 Å². The lowest BCUT2D eigenvalue weighted by atomic mass is 10.1. The van der Waals surface area contributed by atoms with E-state index in [-0.39, 0.29) is 6.42 Å². The fraction of sp³-hybridized carbons (Fsp3) is 0.875. The number of nitrogens with one attached hydrogen (secondary N) is 2. The van der Waals surface area contributed by atoms with Gasteiger partial charge in [0.1, 0.15) is 0 Å². The van der Waals surface area contributed by atoms with Crippen molar-refractivity contribution in [3.05, 3.63) is 0 Å². The molecule has 0 bridgehead atoms. The summed E-state index contributed by atoms with van der Waals surface area (Å²) in [5.74, 6) is -0.878. The minimum Gasteiger partial charge on any atom is -0.481 e. The molecule has 0 unspecified atom stereocenters. The fourth-order valence-corrected chi connectivity index (χ4v) is 2.21. The van der Waals surface area contributed by atoms with E-state index in [0.29, 0.717) is 13.1 Å². The highest BCUT2D eigenvalue weighted by atomic mass is 32.2. The molecular formula is C8H18N2O4S. The molecular weight excluding hydrogens is 220 g/mol. The van der Waals surface area contributed by atoms with E-state index < -0.39 is 21.5 Å². The Morgan fingerprint density at radius 2 is 1.93 bits per heavy atom. The van der Waals surface area contributed by atoms with Gasteiger partial charge in [0.2, 0.25) is 10.0 Å². The Morgan fingerprint density at radius 1 is 1.40 bits per heavy atom. The van der Waals surface area contributed by atoms with Crippen molar-refractivity contribution < 1.29 is 18.3 Å². The number of carboxylic acids is 1. The normalized spacial score (nSPS) is 12.7. The molecule has 0 rings (SSSR count). The van der Waals surface area contributed by atoms with Crippen molar-refractivity contribution in [2.45, 2.75) is 25.8 Å². The standard InChI is InChI=1S/C8H18N2O4S/c1-8(2,10-15(3,13)14)6-9-5-4-7(11)12/h9-10H,4-6H2,1-3H3,(H,11,12). The van der Waals surface area contributed by atoms with Gasteiger partial charge < -0.3 is 10.4 Å². The van der Waals surface area contributed by atoms with Gasteiger partial charge in [-0.3, -0.25) is 4.79 Å². The van der Waals surface area contributed by atoms with E-state index in [0.717, 1.165) is 6.26 Å². The van der Waals surface area contributed by atoms with Gasteiger partial charge in [-0.15, -0.1) is 0 Å². The Bertz CT molecular complexity index is 311. The Hall–Kier alpha value is -0.660. The maximum atomic E-state index is 11.0. The first-order valence-electron chi connectivity index (χ1n) is 4.54. The van der Waals surface area contributed by atoms with Crippen LogP contribution < -0.4 is 10.0 Å². The van der Waals surface area contributed by atoms with Gasteiger partial charge in [-0.05, 0) is 13.8 Å². The van der Waals surface area contributed by atoms with Crippen LogP contribution in [0.3, 0.4) is 0 Å². The summed E-state index contributed by atoms with van der Waals surface area (Å²) in [6.45, 7) is 4.15. The highest BCUT2D eigenvalue weighted by Gasteiger charge is 2.21. The molecule has 0 saturated heterocycles. The maximum Gasteiger partial charge on any atom is 0.304 e. The van der Waals surface area contributed by atoms with Crippen LogP contribution in [0.2, 0.25) is 0 Å². The van der Waals surface area contributed by atoms with Gasteiger partial charge in [0.05, 0.1) is 12.7 Å². The molecule has 0 fully saturated rings. The van der Waals surface area contributed by atoms with Gasteiger partial charge in [-0.1, -0.05) is 0 Å². The van der Waals surface area contributed by atoms with E-state index in [9.17, 15) is 13.2 Å². The van der Waals surface area contributed by atoms with Crippen LogP contribution in [0.15, 0.2) is 0 Å². The molecule has 0 spiro atoms. The van der Waals surface area contributed by atoms with E-state index in [1.165, 1.54) is 0 Å². The van der Waals surface area contributed by atoms with E-state index in [1.807, 2.05) is 0 Å². The highest BCUT2D eigenvalue weighted by Crippen LogP contribution is 2.01. The van der Waals surface area contributed by atoms with Crippen molar-refractivity contribution in [1.29, 1.82) is 0 Å². The number of carbonyl (C=O) groups is 1. The molecule has 0 aromatic heterocycles. The highest BCUT2D eigenvalue weighted by molar-refractivity contribution is 7.88. The predicted molar refractivity (Wildman–Crippen MR) is 57.2 cm³/mol. The molecule has 0 aliphatic heterocycles. The molecule has 3 N–H and O–H groups in total. The lowest BCUT2D eigenvalue weighted by Gasteiger charge is -2.25. The van der Waals surface area contributed by atoms with Gasteiger partial charge in [0, 0.05) is 18.6 Å². The molecule has 0 aromatic carbocycles. The van der Waals surface area contributed by atoms with Crippen LogP contribution in [-0.4, -0.2) is 44.4 Å². The quantitative estimate of drug-likeness (QED) is 0.514. The lowest BCUT2D eigenvalue weighted by Crippen LogP contribution is -2.50. The molecule has 0 aliphatic carbocycles. The largest absolute Gasteiger partial charge is 0.481 e. The van der Waals surface area contributed by atoms with Crippen LogP contribution in [0, 0.1) is 0 Å². The number of aliphatic carboxylic acids is 1. The second-order valence-electron chi connectivity index (χ2n) is 4.08. The Labute approximate surface area is 90.1 Å². The number of sulfonamides is 1. The van der Waals surface area contributed by atoms with E-state index in [4.69, 9.17) is 5.11 Å². The first-order valence-corrected chi connectivity index (χ1v) is 6.43. The van der Waals surface area contributed by atoms with Crippen LogP contribution in [0.5, 0.6) is 0 Å². The second-order valence-corrected chi connectivity index (χ2v) is 5.83. The molecule has 0 saturated carbocycles. The van der Waals surface area contributed by atoms with E-state index in [2.05, 4.69) is 10.0 Å². The molecule has 6 nitrogen and oxygen atoms in total. The van der Waals surface area contributed by atoms with Crippen LogP contribution in [0.1, 0.15) is 20.3 Å². The van der Waals surface area contributed by atoms with Gasteiger partial charge in [0.15, 0.2) is 0 Å². The summed E-state index contributed by atoms with van der Waals surface area (Å²) in [5, 5.41) is 11.2. The van der Waals surface area contributed by atoms with Crippen molar-refractivity contribution in [3.63, 3.8) is 0 Å². The third-order valence-corrected chi connectivity index (χ3v) is 2.47. The van der Waals surface area contributed by atoms with Gasteiger partial charge in [-0.2, -0.15) is 0 Å². The third-order valence-electron chi connectivity index (χ3n) is 1.54. The van der Waals surface area contributed by atoms with Gasteiger partial charge >= 0.3 is 5.97 Å². The zero-order valence-corrected chi connectivity index (χ0v) is 10.0. The number of carboxylic acid groups (broad SMARTS) is 1. The zero-order valence-electron chi connectivity index (χ0n) is 9.20. The molecule has 0 atom stereocenters. The summed E-state index contributed by atoms with van der Waals surface area (Å²) in [5.41, 5.74) is -0.619. The van der Waals surface area contributed by atoms with Crippen LogP contribution in [0.4, 0.5) is 0 Å². The second kappa shape index (κ2) is 5.43. The SMILES string of the molecule is CC(C)(CNCCC(=O)O)NS(C)(=O)=O. The zero-order chi connectivity index (χ0) is 12.1. The van der Waals surface area contributed by atoms with E-state index >= 15 is 0 Å². The monoisotopic (exact) mass is 238 g/mol. The van der Waals surface area contributed by atoms with Crippen molar-refractivity contribution in [2.24, 2.45) is 0 Å². The third kappa shape index (κ3) is 9.64. The van der Waals surface area contributed by atoms with Crippen LogP contribution >= 0.6 is 0 Å². The summed E-state index contributed by atoms with van der Waals surface area (Å²) < 4.78 is 24.4.